The molecule has 0 spiro atoms. The third kappa shape index (κ3) is 1.17. The lowest BCUT2D eigenvalue weighted by molar-refractivity contribution is 0.0103. The molecule has 1 aliphatic rings. The van der Waals surface area contributed by atoms with Crippen LogP contribution in [-0.4, -0.2) is 23.4 Å². The van der Waals surface area contributed by atoms with Crippen molar-refractivity contribution in [1.82, 2.24) is 0 Å². The van der Waals surface area contributed by atoms with E-state index in [1.165, 1.54) is 0 Å². The van der Waals surface area contributed by atoms with Crippen molar-refractivity contribution in [1.29, 1.82) is 0 Å². The quantitative estimate of drug-likeness (QED) is 0.661. The first-order valence-electron chi connectivity index (χ1n) is 4.69. The minimum atomic E-state index is 0.000394. The fourth-order valence-corrected chi connectivity index (χ4v) is 2.27. The number of rotatable bonds is 2. The van der Waals surface area contributed by atoms with Gasteiger partial charge in [-0.2, -0.15) is 0 Å². The van der Waals surface area contributed by atoms with Gasteiger partial charge in [-0.3, -0.25) is 0 Å². The standard InChI is InChI=1S/C10H20O2/c1-9(2)8(6-11)4-5-10(9,3)7-12/h8,11-12H,4-7H2,1-3H3/t8-,10-/m1/s1. The van der Waals surface area contributed by atoms with Crippen LogP contribution in [0.1, 0.15) is 33.6 Å². The summed E-state index contributed by atoms with van der Waals surface area (Å²) in [5, 5.41) is 18.4. The van der Waals surface area contributed by atoms with Gasteiger partial charge in [-0.1, -0.05) is 20.8 Å². The molecule has 0 aromatic carbocycles. The van der Waals surface area contributed by atoms with Gasteiger partial charge in [0.25, 0.3) is 0 Å². The van der Waals surface area contributed by atoms with Crippen LogP contribution in [0.4, 0.5) is 0 Å². The highest BCUT2D eigenvalue weighted by molar-refractivity contribution is 4.99. The van der Waals surface area contributed by atoms with Crippen LogP contribution in [0.3, 0.4) is 0 Å². The molecule has 0 bridgehead atoms. The van der Waals surface area contributed by atoms with E-state index in [-0.39, 0.29) is 24.0 Å². The molecule has 2 atom stereocenters. The van der Waals surface area contributed by atoms with Crippen molar-refractivity contribution in [2.24, 2.45) is 16.7 Å². The second-order valence-electron chi connectivity index (χ2n) is 4.86. The number of aliphatic hydroxyl groups is 2. The first-order chi connectivity index (χ1) is 5.48. The Morgan fingerprint density at radius 1 is 1.25 bits per heavy atom. The summed E-state index contributed by atoms with van der Waals surface area (Å²) in [6.45, 7) is 6.90. The Hall–Kier alpha value is -0.0800. The van der Waals surface area contributed by atoms with Gasteiger partial charge in [0.05, 0.1) is 0 Å². The minimum Gasteiger partial charge on any atom is -0.396 e. The van der Waals surface area contributed by atoms with Gasteiger partial charge in [0.1, 0.15) is 0 Å². The lowest BCUT2D eigenvalue weighted by Crippen LogP contribution is -2.38. The van der Waals surface area contributed by atoms with Crippen LogP contribution in [0.5, 0.6) is 0 Å². The van der Waals surface area contributed by atoms with Crippen LogP contribution in [0.2, 0.25) is 0 Å². The van der Waals surface area contributed by atoms with Crippen molar-refractivity contribution in [2.45, 2.75) is 33.6 Å². The molecule has 0 amide bonds. The van der Waals surface area contributed by atoms with Crippen LogP contribution in [-0.2, 0) is 0 Å². The fraction of sp³-hybridized carbons (Fsp3) is 1.00. The molecule has 2 N–H and O–H groups in total. The molecule has 1 rings (SSSR count). The van der Waals surface area contributed by atoms with E-state index in [0.717, 1.165) is 12.8 Å². The Labute approximate surface area is 74.6 Å². The van der Waals surface area contributed by atoms with E-state index >= 15 is 0 Å². The maximum Gasteiger partial charge on any atom is 0.0490 e. The van der Waals surface area contributed by atoms with Gasteiger partial charge in [0.2, 0.25) is 0 Å². The third-order valence-electron chi connectivity index (χ3n) is 4.19. The van der Waals surface area contributed by atoms with Crippen molar-refractivity contribution < 1.29 is 10.2 Å². The van der Waals surface area contributed by atoms with Crippen molar-refractivity contribution in [3.8, 4) is 0 Å². The summed E-state index contributed by atoms with van der Waals surface area (Å²) >= 11 is 0. The number of hydrogen-bond donors (Lipinski definition) is 2. The Morgan fingerprint density at radius 2 is 1.83 bits per heavy atom. The van der Waals surface area contributed by atoms with Crippen molar-refractivity contribution >= 4 is 0 Å². The van der Waals surface area contributed by atoms with Gasteiger partial charge in [-0.15, -0.1) is 0 Å². The van der Waals surface area contributed by atoms with Gasteiger partial charge in [-0.25, -0.2) is 0 Å². The topological polar surface area (TPSA) is 40.5 Å². The monoisotopic (exact) mass is 172 g/mol. The van der Waals surface area contributed by atoms with Gasteiger partial charge in [0.15, 0.2) is 0 Å². The molecule has 0 saturated heterocycles. The molecule has 2 nitrogen and oxygen atoms in total. The molecular formula is C10H20O2. The van der Waals surface area contributed by atoms with Gasteiger partial charge in [0, 0.05) is 13.2 Å². The normalized spacial score (nSPS) is 40.2. The van der Waals surface area contributed by atoms with Gasteiger partial charge >= 0.3 is 0 Å². The van der Waals surface area contributed by atoms with E-state index in [4.69, 9.17) is 5.11 Å². The second kappa shape index (κ2) is 3.00. The molecular weight excluding hydrogens is 152 g/mol. The smallest absolute Gasteiger partial charge is 0.0490 e. The molecule has 0 aromatic heterocycles. The van der Waals surface area contributed by atoms with E-state index in [1.807, 2.05) is 0 Å². The average Bonchev–Trinajstić information content (AvgIpc) is 2.25. The summed E-state index contributed by atoms with van der Waals surface area (Å²) in [5.74, 6) is 0.356. The Kier molecular flexibility index (Phi) is 2.50. The van der Waals surface area contributed by atoms with Crippen molar-refractivity contribution in [2.75, 3.05) is 13.2 Å². The van der Waals surface area contributed by atoms with Crippen LogP contribution in [0, 0.1) is 16.7 Å². The third-order valence-corrected chi connectivity index (χ3v) is 4.19. The molecule has 1 saturated carbocycles. The first kappa shape index (κ1) is 10.0. The molecule has 72 valence electrons. The summed E-state index contributed by atoms with van der Waals surface area (Å²) in [6, 6.07) is 0. The van der Waals surface area contributed by atoms with Crippen LogP contribution in [0.25, 0.3) is 0 Å². The Morgan fingerprint density at radius 3 is 2.08 bits per heavy atom. The van der Waals surface area contributed by atoms with E-state index in [0.29, 0.717) is 5.92 Å². The first-order valence-corrected chi connectivity index (χ1v) is 4.69. The summed E-state index contributed by atoms with van der Waals surface area (Å²) < 4.78 is 0. The zero-order valence-corrected chi connectivity index (χ0v) is 8.30. The Balaban J connectivity index is 2.84. The molecule has 0 aliphatic heterocycles. The summed E-state index contributed by atoms with van der Waals surface area (Å²) in [5.41, 5.74) is 0.0664. The molecule has 12 heavy (non-hydrogen) atoms. The minimum absolute atomic E-state index is 0.000394. The zero-order chi connectivity index (χ0) is 9.41. The van der Waals surface area contributed by atoms with E-state index in [1.54, 1.807) is 0 Å². The van der Waals surface area contributed by atoms with Gasteiger partial charge in [-0.05, 0) is 29.6 Å². The van der Waals surface area contributed by atoms with Crippen molar-refractivity contribution in [3.63, 3.8) is 0 Å². The second-order valence-corrected chi connectivity index (χ2v) is 4.86. The predicted molar refractivity (Wildman–Crippen MR) is 48.8 cm³/mol. The highest BCUT2D eigenvalue weighted by Crippen LogP contribution is 2.55. The van der Waals surface area contributed by atoms with E-state index < -0.39 is 0 Å². The van der Waals surface area contributed by atoms with Crippen molar-refractivity contribution in [3.05, 3.63) is 0 Å². The summed E-state index contributed by atoms with van der Waals surface area (Å²) in [4.78, 5) is 0. The van der Waals surface area contributed by atoms with Gasteiger partial charge < -0.3 is 10.2 Å². The number of aliphatic hydroxyl groups excluding tert-OH is 2. The molecule has 0 aromatic rings. The molecule has 1 aliphatic carbocycles. The summed E-state index contributed by atoms with van der Waals surface area (Å²) in [6.07, 6.45) is 2.07. The Bertz CT molecular complexity index is 165. The highest BCUT2D eigenvalue weighted by Gasteiger charge is 2.50. The van der Waals surface area contributed by atoms with Crippen LogP contribution < -0.4 is 0 Å². The lowest BCUT2D eigenvalue weighted by atomic mass is 9.66. The molecule has 2 heteroatoms. The lowest BCUT2D eigenvalue weighted by Gasteiger charge is -2.40. The SMILES string of the molecule is CC1(C)[C@@H](CO)CC[C@]1(C)CO. The fourth-order valence-electron chi connectivity index (χ4n) is 2.27. The zero-order valence-electron chi connectivity index (χ0n) is 8.30. The molecule has 1 fully saturated rings. The van der Waals surface area contributed by atoms with E-state index in [2.05, 4.69) is 20.8 Å². The van der Waals surface area contributed by atoms with Crippen LogP contribution in [0.15, 0.2) is 0 Å². The number of hydrogen-bond acceptors (Lipinski definition) is 2. The largest absolute Gasteiger partial charge is 0.396 e. The molecule has 0 heterocycles. The maximum atomic E-state index is 9.29. The molecule has 0 radical (unpaired) electrons. The predicted octanol–water partition coefficient (Wildman–Crippen LogP) is 1.41. The maximum absolute atomic E-state index is 9.29. The highest BCUT2D eigenvalue weighted by atomic mass is 16.3. The van der Waals surface area contributed by atoms with E-state index in [9.17, 15) is 5.11 Å². The average molecular weight is 172 g/mol. The molecule has 0 unspecified atom stereocenters. The summed E-state index contributed by atoms with van der Waals surface area (Å²) in [7, 11) is 0. The van der Waals surface area contributed by atoms with Crippen LogP contribution >= 0.6 is 0 Å².